The maximum Gasteiger partial charge on any atom is 0.243 e. The second-order valence-electron chi connectivity index (χ2n) is 7.95. The summed E-state index contributed by atoms with van der Waals surface area (Å²) in [6, 6.07) is 20.7. The number of benzene rings is 2. The highest BCUT2D eigenvalue weighted by Crippen LogP contribution is 2.21. The summed E-state index contributed by atoms with van der Waals surface area (Å²) in [6.45, 7) is 3.20. The number of hydrogen-bond donors (Lipinski definition) is 2. The van der Waals surface area contributed by atoms with Crippen LogP contribution < -0.4 is 20.4 Å². The van der Waals surface area contributed by atoms with Crippen molar-refractivity contribution in [3.8, 4) is 6.07 Å². The fraction of sp³-hybridized carbons (Fsp3) is 0.280. The van der Waals surface area contributed by atoms with E-state index in [0.717, 1.165) is 42.5 Å². The molecule has 2 heterocycles. The summed E-state index contributed by atoms with van der Waals surface area (Å²) in [4.78, 5) is 26.3. The predicted molar refractivity (Wildman–Crippen MR) is 134 cm³/mol. The number of hydrogen-bond acceptors (Lipinski definition) is 7. The Bertz CT molecular complexity index is 1130. The standard InChI is InChI=1S/C25H26ClN7O/c26-20-6-8-21(9-7-20)32-14-16-33(17-15-32)25-29-12-10-23(31-25)30-22(24(34)28-13-11-27)18-19-4-2-1-3-5-19/h1-10,12,22H,13-18H2,(H,28,34)(H,29,30,31)/t22-/m0/s1. The number of piperazine rings is 1. The van der Waals surface area contributed by atoms with Gasteiger partial charge in [-0.15, -0.1) is 0 Å². The first-order chi connectivity index (χ1) is 16.6. The molecule has 8 nitrogen and oxygen atoms in total. The lowest BCUT2D eigenvalue weighted by Gasteiger charge is -2.36. The van der Waals surface area contributed by atoms with E-state index in [-0.39, 0.29) is 12.5 Å². The minimum atomic E-state index is -0.569. The summed E-state index contributed by atoms with van der Waals surface area (Å²) in [5.41, 5.74) is 2.16. The molecule has 1 aliphatic heterocycles. The predicted octanol–water partition coefficient (Wildman–Crippen LogP) is 3.12. The molecular formula is C25H26ClN7O. The summed E-state index contributed by atoms with van der Waals surface area (Å²) in [5.74, 6) is 0.942. The third-order valence-corrected chi connectivity index (χ3v) is 5.91. The van der Waals surface area contributed by atoms with Crippen LogP contribution in [0, 0.1) is 11.3 Å². The number of nitrogens with zero attached hydrogens (tertiary/aromatic N) is 5. The Hall–Kier alpha value is -3.83. The lowest BCUT2D eigenvalue weighted by Crippen LogP contribution is -2.47. The molecule has 1 aliphatic rings. The van der Waals surface area contributed by atoms with Gasteiger partial charge in [-0.1, -0.05) is 41.9 Å². The highest BCUT2D eigenvalue weighted by molar-refractivity contribution is 6.30. The molecule has 0 aliphatic carbocycles. The minimum absolute atomic E-state index is 0.0429. The van der Waals surface area contributed by atoms with Crippen molar-refractivity contribution in [3.05, 3.63) is 77.4 Å². The van der Waals surface area contributed by atoms with E-state index in [1.54, 1.807) is 12.3 Å². The summed E-state index contributed by atoms with van der Waals surface area (Å²) in [6.07, 6.45) is 2.17. The molecule has 1 aromatic heterocycles. The monoisotopic (exact) mass is 475 g/mol. The van der Waals surface area contributed by atoms with Crippen LogP contribution in [0.5, 0.6) is 0 Å². The van der Waals surface area contributed by atoms with Gasteiger partial charge in [0.1, 0.15) is 18.4 Å². The molecule has 0 radical (unpaired) electrons. The quantitative estimate of drug-likeness (QED) is 0.483. The van der Waals surface area contributed by atoms with E-state index >= 15 is 0 Å². The first-order valence-corrected chi connectivity index (χ1v) is 11.5. The smallest absolute Gasteiger partial charge is 0.243 e. The van der Waals surface area contributed by atoms with Gasteiger partial charge < -0.3 is 20.4 Å². The Morgan fingerprint density at radius 1 is 1.03 bits per heavy atom. The fourth-order valence-electron chi connectivity index (χ4n) is 3.89. The Morgan fingerprint density at radius 3 is 2.44 bits per heavy atom. The van der Waals surface area contributed by atoms with Crippen LogP contribution in [0.25, 0.3) is 0 Å². The molecule has 34 heavy (non-hydrogen) atoms. The minimum Gasteiger partial charge on any atom is -0.368 e. The summed E-state index contributed by atoms with van der Waals surface area (Å²) < 4.78 is 0. The summed E-state index contributed by atoms with van der Waals surface area (Å²) in [7, 11) is 0. The van der Waals surface area contributed by atoms with Gasteiger partial charge in [0.25, 0.3) is 0 Å². The van der Waals surface area contributed by atoms with Gasteiger partial charge in [0.05, 0.1) is 6.07 Å². The van der Waals surface area contributed by atoms with Gasteiger partial charge in [0.2, 0.25) is 11.9 Å². The van der Waals surface area contributed by atoms with E-state index in [1.165, 1.54) is 0 Å². The van der Waals surface area contributed by atoms with Gasteiger partial charge in [-0.05, 0) is 35.9 Å². The Labute approximate surface area is 204 Å². The van der Waals surface area contributed by atoms with Crippen molar-refractivity contribution >= 4 is 35.0 Å². The molecule has 9 heteroatoms. The zero-order chi connectivity index (χ0) is 23.8. The third kappa shape index (κ3) is 6.15. The zero-order valence-electron chi connectivity index (χ0n) is 18.7. The summed E-state index contributed by atoms with van der Waals surface area (Å²) in [5, 5.41) is 15.4. The van der Waals surface area contributed by atoms with Crippen LogP contribution in [-0.2, 0) is 11.2 Å². The van der Waals surface area contributed by atoms with Crippen molar-refractivity contribution in [1.29, 1.82) is 5.26 Å². The fourth-order valence-corrected chi connectivity index (χ4v) is 4.01. The maximum absolute atomic E-state index is 12.7. The van der Waals surface area contributed by atoms with Crippen molar-refractivity contribution in [2.24, 2.45) is 0 Å². The van der Waals surface area contributed by atoms with Gasteiger partial charge in [0, 0.05) is 49.5 Å². The molecule has 3 aromatic rings. The Balaban J connectivity index is 1.42. The number of aromatic nitrogens is 2. The molecule has 4 rings (SSSR count). The molecule has 2 N–H and O–H groups in total. The molecule has 1 amide bonds. The topological polar surface area (TPSA) is 97.2 Å². The van der Waals surface area contributed by atoms with Gasteiger partial charge >= 0.3 is 0 Å². The van der Waals surface area contributed by atoms with Crippen LogP contribution in [0.15, 0.2) is 66.9 Å². The lowest BCUT2D eigenvalue weighted by atomic mass is 10.1. The van der Waals surface area contributed by atoms with Crippen molar-refractivity contribution in [3.63, 3.8) is 0 Å². The van der Waals surface area contributed by atoms with Gasteiger partial charge in [-0.25, -0.2) is 4.98 Å². The molecular weight excluding hydrogens is 450 g/mol. The number of nitrogens with one attached hydrogen (secondary N) is 2. The molecule has 0 bridgehead atoms. The second kappa shape index (κ2) is 11.3. The lowest BCUT2D eigenvalue weighted by molar-refractivity contribution is -0.121. The highest BCUT2D eigenvalue weighted by Gasteiger charge is 2.22. The van der Waals surface area contributed by atoms with Crippen molar-refractivity contribution in [2.45, 2.75) is 12.5 Å². The van der Waals surface area contributed by atoms with Crippen LogP contribution in [0.2, 0.25) is 5.02 Å². The number of halogens is 1. The number of anilines is 3. The van der Waals surface area contributed by atoms with E-state index in [1.807, 2.05) is 60.7 Å². The maximum atomic E-state index is 12.7. The number of nitriles is 1. The molecule has 1 atom stereocenters. The molecule has 0 unspecified atom stereocenters. The molecule has 2 aromatic carbocycles. The van der Waals surface area contributed by atoms with Gasteiger partial charge in [-0.2, -0.15) is 10.2 Å². The van der Waals surface area contributed by atoms with E-state index in [0.29, 0.717) is 18.2 Å². The van der Waals surface area contributed by atoms with Crippen LogP contribution >= 0.6 is 11.6 Å². The normalized spacial score (nSPS) is 14.2. The number of carbonyl (C=O) groups is 1. The third-order valence-electron chi connectivity index (χ3n) is 5.66. The average molecular weight is 476 g/mol. The largest absolute Gasteiger partial charge is 0.368 e. The van der Waals surface area contributed by atoms with Crippen LogP contribution in [-0.4, -0.2) is 54.6 Å². The molecule has 1 fully saturated rings. The van der Waals surface area contributed by atoms with Gasteiger partial charge in [0.15, 0.2) is 0 Å². The van der Waals surface area contributed by atoms with Crippen molar-refractivity contribution in [1.82, 2.24) is 15.3 Å². The number of carbonyl (C=O) groups excluding carboxylic acids is 1. The second-order valence-corrected chi connectivity index (χ2v) is 8.39. The Kier molecular flexibility index (Phi) is 7.79. The zero-order valence-corrected chi connectivity index (χ0v) is 19.4. The molecule has 174 valence electrons. The van der Waals surface area contributed by atoms with Crippen molar-refractivity contribution < 1.29 is 4.79 Å². The van der Waals surface area contributed by atoms with E-state index in [4.69, 9.17) is 16.9 Å². The first kappa shape index (κ1) is 23.3. The Morgan fingerprint density at radius 2 is 1.74 bits per heavy atom. The summed E-state index contributed by atoms with van der Waals surface area (Å²) >= 11 is 6.01. The highest BCUT2D eigenvalue weighted by atomic mass is 35.5. The van der Waals surface area contributed by atoms with Crippen LogP contribution in [0.3, 0.4) is 0 Å². The SMILES string of the molecule is N#CCNC(=O)[C@H](Cc1ccccc1)Nc1ccnc(N2CCN(c3ccc(Cl)cc3)CC2)n1. The molecule has 1 saturated heterocycles. The first-order valence-electron chi connectivity index (χ1n) is 11.2. The van der Waals surface area contributed by atoms with E-state index < -0.39 is 6.04 Å². The number of rotatable bonds is 8. The van der Waals surface area contributed by atoms with E-state index in [2.05, 4.69) is 30.4 Å². The molecule has 0 saturated carbocycles. The van der Waals surface area contributed by atoms with Crippen molar-refractivity contribution in [2.75, 3.05) is 47.8 Å². The van der Waals surface area contributed by atoms with Crippen LogP contribution in [0.1, 0.15) is 5.56 Å². The average Bonchev–Trinajstić information content (AvgIpc) is 2.88. The number of amides is 1. The molecule has 0 spiro atoms. The van der Waals surface area contributed by atoms with E-state index in [9.17, 15) is 4.79 Å². The van der Waals surface area contributed by atoms with Crippen LogP contribution in [0.4, 0.5) is 17.5 Å². The van der Waals surface area contributed by atoms with Gasteiger partial charge in [-0.3, -0.25) is 4.79 Å².